The molecule has 0 aliphatic carbocycles. The monoisotopic (exact) mass is 288 g/mol. The fourth-order valence-electron chi connectivity index (χ4n) is 1.53. The summed E-state index contributed by atoms with van der Waals surface area (Å²) in [6, 6.07) is 0. The predicted molar refractivity (Wildman–Crippen MR) is 68.8 cm³/mol. The minimum absolute atomic E-state index is 0.846. The summed E-state index contributed by atoms with van der Waals surface area (Å²) in [7, 11) is 1.86. The van der Waals surface area contributed by atoms with Crippen LogP contribution in [0.25, 0.3) is 0 Å². The van der Waals surface area contributed by atoms with Gasteiger partial charge in [-0.3, -0.25) is 0 Å². The number of halogens is 1. The van der Waals surface area contributed by atoms with Crippen LogP contribution in [0.5, 0.6) is 0 Å². The van der Waals surface area contributed by atoms with Crippen LogP contribution in [0.2, 0.25) is 0 Å². The summed E-state index contributed by atoms with van der Waals surface area (Å²) in [6.45, 7) is 2.12. The Kier molecular flexibility index (Phi) is 3.69. The first-order valence-corrected chi connectivity index (χ1v) is 6.78. The van der Waals surface area contributed by atoms with Gasteiger partial charge in [-0.2, -0.15) is 11.8 Å². The molecule has 1 saturated heterocycles. The van der Waals surface area contributed by atoms with Crippen LogP contribution < -0.4 is 10.2 Å². The third-order valence-electron chi connectivity index (χ3n) is 2.32. The summed E-state index contributed by atoms with van der Waals surface area (Å²) in [5.74, 6) is 4.18. The van der Waals surface area contributed by atoms with Crippen molar-refractivity contribution in [1.82, 2.24) is 9.97 Å². The summed E-state index contributed by atoms with van der Waals surface area (Å²) < 4.78 is 0.958. The third kappa shape index (κ3) is 2.36. The highest BCUT2D eigenvalue weighted by Crippen LogP contribution is 2.30. The second-order valence-electron chi connectivity index (χ2n) is 3.21. The molecule has 0 aromatic carbocycles. The number of hydrogen-bond donors (Lipinski definition) is 1. The third-order valence-corrected chi connectivity index (χ3v) is 3.99. The lowest BCUT2D eigenvalue weighted by molar-refractivity contribution is 0.832. The van der Waals surface area contributed by atoms with Gasteiger partial charge in [0.2, 0.25) is 0 Å². The van der Waals surface area contributed by atoms with Crippen LogP contribution in [-0.2, 0) is 0 Å². The van der Waals surface area contributed by atoms with Crippen LogP contribution in [0.15, 0.2) is 10.8 Å². The average Bonchev–Trinajstić information content (AvgIpc) is 2.30. The number of thioether (sulfide) groups is 1. The van der Waals surface area contributed by atoms with Crippen molar-refractivity contribution in [2.75, 3.05) is 41.9 Å². The largest absolute Gasteiger partial charge is 0.372 e. The Bertz CT molecular complexity index is 341. The van der Waals surface area contributed by atoms with E-state index in [1.54, 1.807) is 6.33 Å². The van der Waals surface area contributed by atoms with Gasteiger partial charge in [-0.05, 0) is 15.9 Å². The highest BCUT2D eigenvalue weighted by Gasteiger charge is 2.17. The minimum atomic E-state index is 0.846. The lowest BCUT2D eigenvalue weighted by Gasteiger charge is -2.28. The van der Waals surface area contributed by atoms with Crippen LogP contribution in [0.1, 0.15) is 0 Å². The van der Waals surface area contributed by atoms with E-state index in [1.165, 1.54) is 11.5 Å². The SMILES string of the molecule is CNc1ncnc(N2CCSCC2)c1Br. The van der Waals surface area contributed by atoms with Gasteiger partial charge in [-0.25, -0.2) is 9.97 Å². The molecule has 0 spiro atoms. The van der Waals surface area contributed by atoms with Crippen molar-refractivity contribution in [3.05, 3.63) is 10.8 Å². The van der Waals surface area contributed by atoms with E-state index in [0.717, 1.165) is 29.2 Å². The van der Waals surface area contributed by atoms with E-state index in [0.29, 0.717) is 0 Å². The maximum atomic E-state index is 4.33. The molecule has 0 amide bonds. The summed E-state index contributed by atoms with van der Waals surface area (Å²) in [5, 5.41) is 3.04. The lowest BCUT2D eigenvalue weighted by Crippen LogP contribution is -2.33. The highest BCUT2D eigenvalue weighted by atomic mass is 79.9. The first kappa shape index (κ1) is 11.0. The van der Waals surface area contributed by atoms with E-state index in [1.807, 2.05) is 18.8 Å². The van der Waals surface area contributed by atoms with Crippen LogP contribution in [0, 0.1) is 0 Å². The molecule has 0 bridgehead atoms. The Hall–Kier alpha value is -0.490. The zero-order valence-corrected chi connectivity index (χ0v) is 10.9. The van der Waals surface area contributed by atoms with Crippen LogP contribution in [0.3, 0.4) is 0 Å². The summed E-state index contributed by atoms with van der Waals surface area (Å²) in [5.41, 5.74) is 0. The molecule has 0 atom stereocenters. The van der Waals surface area contributed by atoms with Gasteiger partial charge in [-0.1, -0.05) is 0 Å². The topological polar surface area (TPSA) is 41.1 Å². The predicted octanol–water partition coefficient (Wildman–Crippen LogP) is 1.83. The molecule has 1 aromatic rings. The van der Waals surface area contributed by atoms with Crippen molar-refractivity contribution in [3.8, 4) is 0 Å². The van der Waals surface area contributed by atoms with Crippen LogP contribution in [-0.4, -0.2) is 41.6 Å². The maximum Gasteiger partial charge on any atom is 0.148 e. The van der Waals surface area contributed by atoms with Crippen molar-refractivity contribution in [1.29, 1.82) is 0 Å². The van der Waals surface area contributed by atoms with Crippen LogP contribution >= 0.6 is 27.7 Å². The number of rotatable bonds is 2. The first-order valence-electron chi connectivity index (χ1n) is 4.84. The molecule has 1 aliphatic rings. The maximum absolute atomic E-state index is 4.33. The minimum Gasteiger partial charge on any atom is -0.372 e. The molecular weight excluding hydrogens is 276 g/mol. The first-order chi connectivity index (χ1) is 7.33. The fourth-order valence-corrected chi connectivity index (χ4v) is 3.09. The average molecular weight is 289 g/mol. The van der Waals surface area contributed by atoms with E-state index >= 15 is 0 Å². The fraction of sp³-hybridized carbons (Fsp3) is 0.556. The number of hydrogen-bond acceptors (Lipinski definition) is 5. The van der Waals surface area contributed by atoms with Crippen molar-refractivity contribution in [3.63, 3.8) is 0 Å². The van der Waals surface area contributed by atoms with E-state index in [4.69, 9.17) is 0 Å². The molecule has 2 rings (SSSR count). The van der Waals surface area contributed by atoms with Crippen molar-refractivity contribution in [2.24, 2.45) is 0 Å². The van der Waals surface area contributed by atoms with Crippen molar-refractivity contribution >= 4 is 39.3 Å². The van der Waals surface area contributed by atoms with Crippen molar-refractivity contribution < 1.29 is 0 Å². The normalized spacial score (nSPS) is 16.5. The standard InChI is InChI=1S/C9H13BrN4S/c1-11-8-7(10)9(13-6-12-8)14-2-4-15-5-3-14/h6H,2-5H2,1H3,(H,11,12,13). The van der Waals surface area contributed by atoms with Gasteiger partial charge in [0.15, 0.2) is 0 Å². The molecule has 2 heterocycles. The molecule has 1 aromatic heterocycles. The zero-order valence-electron chi connectivity index (χ0n) is 8.53. The number of aromatic nitrogens is 2. The Morgan fingerprint density at radius 1 is 1.40 bits per heavy atom. The molecule has 0 unspecified atom stereocenters. The molecular formula is C9H13BrN4S. The smallest absolute Gasteiger partial charge is 0.148 e. The molecule has 15 heavy (non-hydrogen) atoms. The van der Waals surface area contributed by atoms with Gasteiger partial charge >= 0.3 is 0 Å². The number of anilines is 2. The summed E-state index contributed by atoms with van der Waals surface area (Å²) in [4.78, 5) is 10.8. The quantitative estimate of drug-likeness (QED) is 0.899. The molecule has 82 valence electrons. The van der Waals surface area contributed by atoms with E-state index in [-0.39, 0.29) is 0 Å². The molecule has 1 fully saturated rings. The molecule has 1 aliphatic heterocycles. The van der Waals surface area contributed by atoms with Gasteiger partial charge in [0.1, 0.15) is 22.4 Å². The van der Waals surface area contributed by atoms with Gasteiger partial charge < -0.3 is 10.2 Å². The summed E-state index contributed by atoms with van der Waals surface area (Å²) >= 11 is 5.53. The van der Waals surface area contributed by atoms with Gasteiger partial charge in [-0.15, -0.1) is 0 Å². The number of nitrogens with one attached hydrogen (secondary N) is 1. The Balaban J connectivity index is 2.26. The lowest BCUT2D eigenvalue weighted by atomic mass is 10.4. The zero-order chi connectivity index (χ0) is 10.7. The molecule has 4 nitrogen and oxygen atoms in total. The van der Waals surface area contributed by atoms with Gasteiger partial charge in [0.05, 0.1) is 0 Å². The Morgan fingerprint density at radius 2 is 2.13 bits per heavy atom. The number of nitrogens with zero attached hydrogens (tertiary/aromatic N) is 3. The summed E-state index contributed by atoms with van der Waals surface area (Å²) in [6.07, 6.45) is 1.60. The Morgan fingerprint density at radius 3 is 2.80 bits per heavy atom. The molecule has 0 saturated carbocycles. The van der Waals surface area contributed by atoms with E-state index < -0.39 is 0 Å². The van der Waals surface area contributed by atoms with Gasteiger partial charge in [0.25, 0.3) is 0 Å². The Labute approximate surface area is 102 Å². The molecule has 1 N–H and O–H groups in total. The van der Waals surface area contributed by atoms with Crippen molar-refractivity contribution in [2.45, 2.75) is 0 Å². The highest BCUT2D eigenvalue weighted by molar-refractivity contribution is 9.10. The molecule has 0 radical (unpaired) electrons. The van der Waals surface area contributed by atoms with E-state index in [9.17, 15) is 0 Å². The van der Waals surface area contributed by atoms with Gasteiger partial charge in [0, 0.05) is 31.6 Å². The van der Waals surface area contributed by atoms with Crippen LogP contribution in [0.4, 0.5) is 11.6 Å². The second kappa shape index (κ2) is 5.03. The van der Waals surface area contributed by atoms with E-state index in [2.05, 4.69) is 36.1 Å². The second-order valence-corrected chi connectivity index (χ2v) is 5.23. The molecule has 6 heteroatoms.